The molecule has 0 spiro atoms. The zero-order valence-corrected chi connectivity index (χ0v) is 12.2. The number of carbonyl (C=O) groups excluding carboxylic acids is 1. The van der Waals surface area contributed by atoms with Gasteiger partial charge in [-0.3, -0.25) is 0 Å². The number of hydrogen-bond acceptors (Lipinski definition) is 5. The zero-order valence-electron chi connectivity index (χ0n) is 12.2. The van der Waals surface area contributed by atoms with E-state index < -0.39 is 0 Å². The van der Waals surface area contributed by atoms with Crippen molar-refractivity contribution in [2.75, 3.05) is 53.7 Å². The second kappa shape index (κ2) is 10.4. The molecule has 1 aromatic carbocycles. The SMILES string of the molecule is CN(C)CCOCCOCCOC(=O)c1ccccc1. The van der Waals surface area contributed by atoms with E-state index in [2.05, 4.69) is 4.90 Å². The lowest BCUT2D eigenvalue weighted by Crippen LogP contribution is -2.19. The Morgan fingerprint density at radius 1 is 0.950 bits per heavy atom. The molecule has 1 aromatic rings. The Kier molecular flexibility index (Phi) is 8.62. The zero-order chi connectivity index (χ0) is 14.6. The van der Waals surface area contributed by atoms with Gasteiger partial charge >= 0.3 is 5.97 Å². The normalized spacial score (nSPS) is 10.8. The van der Waals surface area contributed by atoms with Gasteiger partial charge in [0.25, 0.3) is 0 Å². The number of carbonyl (C=O) groups is 1. The number of ether oxygens (including phenoxy) is 3. The van der Waals surface area contributed by atoms with Crippen molar-refractivity contribution in [2.24, 2.45) is 0 Å². The molecular formula is C15H23NO4. The van der Waals surface area contributed by atoms with E-state index in [0.29, 0.717) is 32.0 Å². The van der Waals surface area contributed by atoms with Crippen LogP contribution in [0.3, 0.4) is 0 Å². The van der Waals surface area contributed by atoms with E-state index in [-0.39, 0.29) is 12.6 Å². The lowest BCUT2D eigenvalue weighted by atomic mass is 10.2. The Hall–Kier alpha value is -1.43. The molecule has 112 valence electrons. The summed E-state index contributed by atoms with van der Waals surface area (Å²) in [5, 5.41) is 0. The van der Waals surface area contributed by atoms with Gasteiger partial charge in [0, 0.05) is 6.54 Å². The Labute approximate surface area is 120 Å². The first-order valence-electron chi connectivity index (χ1n) is 6.72. The number of esters is 1. The minimum absolute atomic E-state index is 0.255. The highest BCUT2D eigenvalue weighted by Crippen LogP contribution is 2.00. The quantitative estimate of drug-likeness (QED) is 0.480. The van der Waals surface area contributed by atoms with Gasteiger partial charge in [-0.25, -0.2) is 4.79 Å². The third kappa shape index (κ3) is 7.89. The summed E-state index contributed by atoms with van der Waals surface area (Å²) in [6.07, 6.45) is 0. The van der Waals surface area contributed by atoms with Crippen molar-refractivity contribution >= 4 is 5.97 Å². The van der Waals surface area contributed by atoms with Crippen LogP contribution in [0, 0.1) is 0 Å². The third-order valence-corrected chi connectivity index (χ3v) is 2.53. The number of nitrogens with zero attached hydrogens (tertiary/aromatic N) is 1. The molecule has 20 heavy (non-hydrogen) atoms. The van der Waals surface area contributed by atoms with Gasteiger partial charge in [-0.15, -0.1) is 0 Å². The van der Waals surface area contributed by atoms with Crippen molar-refractivity contribution in [1.29, 1.82) is 0 Å². The number of likely N-dealkylation sites (N-methyl/N-ethyl adjacent to an activating group) is 1. The van der Waals surface area contributed by atoms with E-state index in [4.69, 9.17) is 14.2 Å². The highest BCUT2D eigenvalue weighted by molar-refractivity contribution is 5.89. The Morgan fingerprint density at radius 3 is 2.20 bits per heavy atom. The third-order valence-electron chi connectivity index (χ3n) is 2.53. The molecule has 0 heterocycles. The minimum Gasteiger partial charge on any atom is -0.460 e. The van der Waals surface area contributed by atoms with Crippen molar-refractivity contribution in [1.82, 2.24) is 4.90 Å². The summed E-state index contributed by atoms with van der Waals surface area (Å²) in [6.45, 7) is 3.30. The van der Waals surface area contributed by atoms with Gasteiger partial charge < -0.3 is 19.1 Å². The van der Waals surface area contributed by atoms with Gasteiger partial charge in [-0.05, 0) is 26.2 Å². The molecule has 0 radical (unpaired) electrons. The van der Waals surface area contributed by atoms with Crippen molar-refractivity contribution in [2.45, 2.75) is 0 Å². The van der Waals surface area contributed by atoms with Crippen LogP contribution in [-0.2, 0) is 14.2 Å². The molecule has 0 unspecified atom stereocenters. The molecule has 0 aromatic heterocycles. The van der Waals surface area contributed by atoms with Crippen molar-refractivity contribution in [3.63, 3.8) is 0 Å². The number of hydrogen-bond donors (Lipinski definition) is 0. The first-order chi connectivity index (χ1) is 9.70. The van der Waals surface area contributed by atoms with Gasteiger partial charge in [-0.1, -0.05) is 18.2 Å². The van der Waals surface area contributed by atoms with Crippen LogP contribution >= 0.6 is 0 Å². The van der Waals surface area contributed by atoms with E-state index >= 15 is 0 Å². The van der Waals surface area contributed by atoms with Crippen LogP contribution in [0.15, 0.2) is 30.3 Å². The largest absolute Gasteiger partial charge is 0.460 e. The van der Waals surface area contributed by atoms with Crippen molar-refractivity contribution < 1.29 is 19.0 Å². The predicted molar refractivity (Wildman–Crippen MR) is 76.9 cm³/mol. The fourth-order valence-corrected chi connectivity index (χ4v) is 1.42. The second-order valence-corrected chi connectivity index (χ2v) is 4.53. The molecule has 0 N–H and O–H groups in total. The van der Waals surface area contributed by atoms with Crippen LogP contribution in [-0.4, -0.2) is 64.5 Å². The van der Waals surface area contributed by atoms with Gasteiger partial charge in [0.15, 0.2) is 0 Å². The van der Waals surface area contributed by atoms with Crippen LogP contribution in [0.2, 0.25) is 0 Å². The fraction of sp³-hybridized carbons (Fsp3) is 0.533. The minimum atomic E-state index is -0.323. The van der Waals surface area contributed by atoms with Crippen LogP contribution < -0.4 is 0 Å². The highest BCUT2D eigenvalue weighted by Gasteiger charge is 2.04. The molecule has 5 nitrogen and oxygen atoms in total. The molecular weight excluding hydrogens is 258 g/mol. The summed E-state index contributed by atoms with van der Waals surface area (Å²) in [4.78, 5) is 13.6. The van der Waals surface area contributed by atoms with Crippen LogP contribution in [0.1, 0.15) is 10.4 Å². The molecule has 0 atom stereocenters. The second-order valence-electron chi connectivity index (χ2n) is 4.53. The smallest absolute Gasteiger partial charge is 0.338 e. The summed E-state index contributed by atoms with van der Waals surface area (Å²) < 4.78 is 15.8. The summed E-state index contributed by atoms with van der Waals surface area (Å²) in [6, 6.07) is 8.91. The number of benzene rings is 1. The van der Waals surface area contributed by atoms with Crippen molar-refractivity contribution in [3.8, 4) is 0 Å². The maximum absolute atomic E-state index is 11.6. The standard InChI is InChI=1S/C15H23NO4/c1-16(2)8-9-18-10-11-19-12-13-20-15(17)14-6-4-3-5-7-14/h3-7H,8-13H2,1-2H3. The van der Waals surface area contributed by atoms with Gasteiger partial charge in [0.05, 0.1) is 32.0 Å². The summed E-state index contributed by atoms with van der Waals surface area (Å²) in [5.41, 5.74) is 0.555. The van der Waals surface area contributed by atoms with E-state index in [9.17, 15) is 4.79 Å². The van der Waals surface area contributed by atoms with Crippen LogP contribution in [0.4, 0.5) is 0 Å². The topological polar surface area (TPSA) is 48.0 Å². The summed E-state index contributed by atoms with van der Waals surface area (Å²) in [7, 11) is 4.00. The molecule has 1 rings (SSSR count). The summed E-state index contributed by atoms with van der Waals surface area (Å²) >= 11 is 0. The molecule has 0 aliphatic heterocycles. The van der Waals surface area contributed by atoms with E-state index in [1.165, 1.54) is 0 Å². The van der Waals surface area contributed by atoms with E-state index in [1.807, 2.05) is 20.2 Å². The molecule has 5 heteroatoms. The molecule has 0 fully saturated rings. The fourth-order valence-electron chi connectivity index (χ4n) is 1.42. The maximum atomic E-state index is 11.6. The monoisotopic (exact) mass is 281 g/mol. The molecule has 0 amide bonds. The Bertz CT molecular complexity index is 367. The van der Waals surface area contributed by atoms with Gasteiger partial charge in [-0.2, -0.15) is 0 Å². The first-order valence-corrected chi connectivity index (χ1v) is 6.72. The molecule has 0 saturated heterocycles. The predicted octanol–water partition coefficient (Wildman–Crippen LogP) is 1.44. The molecule has 0 bridgehead atoms. The lowest BCUT2D eigenvalue weighted by molar-refractivity contribution is 0.0130. The molecule has 0 aliphatic carbocycles. The lowest BCUT2D eigenvalue weighted by Gasteiger charge is -2.10. The molecule has 0 saturated carbocycles. The van der Waals surface area contributed by atoms with E-state index in [1.54, 1.807) is 24.3 Å². The van der Waals surface area contributed by atoms with Gasteiger partial charge in [0.1, 0.15) is 6.61 Å². The van der Waals surface area contributed by atoms with Crippen LogP contribution in [0.25, 0.3) is 0 Å². The first kappa shape index (κ1) is 16.6. The summed E-state index contributed by atoms with van der Waals surface area (Å²) in [5.74, 6) is -0.323. The average Bonchev–Trinajstić information content (AvgIpc) is 2.46. The van der Waals surface area contributed by atoms with E-state index in [0.717, 1.165) is 6.54 Å². The Balaban J connectivity index is 1.94. The average molecular weight is 281 g/mol. The highest BCUT2D eigenvalue weighted by atomic mass is 16.6. The van der Waals surface area contributed by atoms with Crippen molar-refractivity contribution in [3.05, 3.63) is 35.9 Å². The number of rotatable bonds is 10. The molecule has 0 aliphatic rings. The Morgan fingerprint density at radius 2 is 1.55 bits per heavy atom. The maximum Gasteiger partial charge on any atom is 0.338 e. The van der Waals surface area contributed by atoms with Gasteiger partial charge in [0.2, 0.25) is 0 Å². The van der Waals surface area contributed by atoms with Crippen LogP contribution in [0.5, 0.6) is 0 Å².